The van der Waals surface area contributed by atoms with E-state index in [0.29, 0.717) is 0 Å². The summed E-state index contributed by atoms with van der Waals surface area (Å²) in [6, 6.07) is 0. The molecular formula is C5H8O3. The maximum absolute atomic E-state index is 10.3. The van der Waals surface area contributed by atoms with Crippen molar-refractivity contribution >= 4 is 5.97 Å². The van der Waals surface area contributed by atoms with Gasteiger partial charge in [-0.1, -0.05) is 0 Å². The van der Waals surface area contributed by atoms with Crippen LogP contribution in [0.2, 0.25) is 0 Å². The van der Waals surface area contributed by atoms with Gasteiger partial charge >= 0.3 is 5.97 Å². The van der Waals surface area contributed by atoms with Crippen molar-refractivity contribution in [3.8, 4) is 0 Å². The largest absolute Gasteiger partial charge is 0.463 e. The number of esters is 1. The summed E-state index contributed by atoms with van der Waals surface area (Å²) < 4.78 is 4.48. The van der Waals surface area contributed by atoms with Gasteiger partial charge in [-0.3, -0.25) is 4.79 Å². The summed E-state index contributed by atoms with van der Waals surface area (Å²) in [5.74, 6) is -0.310. The van der Waals surface area contributed by atoms with Crippen molar-refractivity contribution in [1.29, 1.82) is 0 Å². The summed E-state index contributed by atoms with van der Waals surface area (Å²) in [7, 11) is 0. The quantitative estimate of drug-likeness (QED) is 0.441. The Morgan fingerprint density at radius 2 is 2.50 bits per heavy atom. The summed E-state index contributed by atoms with van der Waals surface area (Å²) in [6.07, 6.45) is 0.132. The highest BCUT2D eigenvalue weighted by molar-refractivity contribution is 5.72. The number of aliphatic hydroxyl groups is 1. The highest BCUT2D eigenvalue weighted by Gasteiger charge is 2.33. The van der Waals surface area contributed by atoms with Crippen LogP contribution >= 0.6 is 0 Å². The summed E-state index contributed by atoms with van der Waals surface area (Å²) in [5, 5.41) is 9.02. The molecule has 0 aliphatic carbocycles. The lowest BCUT2D eigenvalue weighted by molar-refractivity contribution is -0.137. The topological polar surface area (TPSA) is 46.5 Å². The van der Waals surface area contributed by atoms with Crippen LogP contribution in [0.4, 0.5) is 0 Å². The van der Waals surface area contributed by atoms with Gasteiger partial charge in [0.2, 0.25) is 0 Å². The van der Waals surface area contributed by atoms with Gasteiger partial charge in [-0.25, -0.2) is 0 Å². The maximum atomic E-state index is 10.3. The van der Waals surface area contributed by atoms with E-state index >= 15 is 0 Å². The molecule has 1 heterocycles. The first kappa shape index (κ1) is 5.56. The molecule has 8 heavy (non-hydrogen) atoms. The predicted octanol–water partition coefficient (Wildman–Crippen LogP) is -0.316. The normalized spacial score (nSPS) is 37.5. The molecule has 0 bridgehead atoms. The Kier molecular flexibility index (Phi) is 1.01. The Bertz CT molecular complexity index is 117. The molecule has 3 nitrogen and oxygen atoms in total. The molecule has 0 aromatic rings. The van der Waals surface area contributed by atoms with E-state index in [1.165, 1.54) is 0 Å². The van der Waals surface area contributed by atoms with Crippen LogP contribution in [-0.2, 0) is 9.53 Å². The van der Waals surface area contributed by atoms with Crippen LogP contribution in [0.1, 0.15) is 13.3 Å². The van der Waals surface area contributed by atoms with Crippen molar-refractivity contribution in [2.75, 3.05) is 6.61 Å². The Morgan fingerprint density at radius 1 is 1.88 bits per heavy atom. The molecule has 0 radical (unpaired) electrons. The third kappa shape index (κ3) is 0.980. The second-order valence-electron chi connectivity index (χ2n) is 2.33. The lowest BCUT2D eigenvalue weighted by Crippen LogP contribution is -2.23. The molecule has 0 unspecified atom stereocenters. The number of cyclic esters (lactones) is 1. The Hall–Kier alpha value is -0.570. The van der Waals surface area contributed by atoms with Crippen LogP contribution in [0, 0.1) is 0 Å². The summed E-state index contributed by atoms with van der Waals surface area (Å²) in [6.45, 7) is 1.73. The lowest BCUT2D eigenvalue weighted by atomic mass is 10.1. The van der Waals surface area contributed by atoms with Crippen molar-refractivity contribution in [2.24, 2.45) is 0 Å². The first-order valence-corrected chi connectivity index (χ1v) is 2.48. The second kappa shape index (κ2) is 1.45. The highest BCUT2D eigenvalue weighted by Crippen LogP contribution is 2.17. The fourth-order valence-corrected chi connectivity index (χ4v) is 0.649. The average molecular weight is 116 g/mol. The highest BCUT2D eigenvalue weighted by atomic mass is 16.6. The molecule has 1 atom stereocenters. The van der Waals surface area contributed by atoms with Gasteiger partial charge in [0.05, 0.1) is 6.42 Å². The Morgan fingerprint density at radius 3 is 2.62 bits per heavy atom. The van der Waals surface area contributed by atoms with Gasteiger partial charge < -0.3 is 9.84 Å². The molecule has 46 valence electrons. The van der Waals surface area contributed by atoms with E-state index < -0.39 is 5.60 Å². The monoisotopic (exact) mass is 116 g/mol. The van der Waals surface area contributed by atoms with Gasteiger partial charge in [-0.05, 0) is 6.92 Å². The van der Waals surface area contributed by atoms with E-state index in [-0.39, 0.29) is 19.0 Å². The van der Waals surface area contributed by atoms with Crippen LogP contribution in [-0.4, -0.2) is 23.3 Å². The molecule has 1 N–H and O–H groups in total. The number of carbonyl (C=O) groups is 1. The van der Waals surface area contributed by atoms with Crippen molar-refractivity contribution < 1.29 is 14.6 Å². The van der Waals surface area contributed by atoms with Gasteiger partial charge in [0.1, 0.15) is 12.2 Å². The molecular weight excluding hydrogens is 108 g/mol. The zero-order valence-corrected chi connectivity index (χ0v) is 4.68. The van der Waals surface area contributed by atoms with Gasteiger partial charge in [0, 0.05) is 0 Å². The molecule has 1 aliphatic heterocycles. The van der Waals surface area contributed by atoms with E-state index in [4.69, 9.17) is 5.11 Å². The predicted molar refractivity (Wildman–Crippen MR) is 26.2 cm³/mol. The zero-order valence-electron chi connectivity index (χ0n) is 4.68. The number of hydrogen-bond acceptors (Lipinski definition) is 3. The van der Waals surface area contributed by atoms with E-state index in [1.807, 2.05) is 0 Å². The molecule has 0 amide bonds. The van der Waals surface area contributed by atoms with Crippen LogP contribution in [0.5, 0.6) is 0 Å². The smallest absolute Gasteiger partial charge is 0.308 e. The number of carbonyl (C=O) groups excluding carboxylic acids is 1. The van der Waals surface area contributed by atoms with Crippen LogP contribution < -0.4 is 0 Å². The van der Waals surface area contributed by atoms with Crippen molar-refractivity contribution in [2.45, 2.75) is 18.9 Å². The average Bonchev–Trinajstić information content (AvgIpc) is 1.82. The van der Waals surface area contributed by atoms with Gasteiger partial charge in [0.15, 0.2) is 0 Å². The maximum Gasteiger partial charge on any atom is 0.308 e. The van der Waals surface area contributed by atoms with Crippen LogP contribution in [0.25, 0.3) is 0 Å². The fourth-order valence-electron chi connectivity index (χ4n) is 0.649. The molecule has 1 fully saturated rings. The molecule has 0 aromatic carbocycles. The standard InChI is InChI=1S/C5H8O3/c1-5(7)2-4(6)8-3-5/h7H,2-3H2,1H3/t5-/m1/s1. The van der Waals surface area contributed by atoms with Crippen LogP contribution in [0.15, 0.2) is 0 Å². The first-order valence-electron chi connectivity index (χ1n) is 2.48. The molecule has 1 aliphatic rings. The van der Waals surface area contributed by atoms with E-state index in [1.54, 1.807) is 6.92 Å². The van der Waals surface area contributed by atoms with Gasteiger partial charge in [-0.2, -0.15) is 0 Å². The van der Waals surface area contributed by atoms with Crippen molar-refractivity contribution in [1.82, 2.24) is 0 Å². The van der Waals surface area contributed by atoms with E-state index in [9.17, 15) is 4.79 Å². The number of rotatable bonds is 0. The van der Waals surface area contributed by atoms with Crippen molar-refractivity contribution in [3.05, 3.63) is 0 Å². The molecule has 0 spiro atoms. The minimum absolute atomic E-state index is 0.132. The summed E-state index contributed by atoms with van der Waals surface area (Å²) >= 11 is 0. The molecule has 0 aromatic heterocycles. The Balaban J connectivity index is 2.56. The van der Waals surface area contributed by atoms with Gasteiger partial charge in [-0.15, -0.1) is 0 Å². The van der Waals surface area contributed by atoms with Gasteiger partial charge in [0.25, 0.3) is 0 Å². The van der Waals surface area contributed by atoms with Crippen LogP contribution in [0.3, 0.4) is 0 Å². The van der Waals surface area contributed by atoms with E-state index in [0.717, 1.165) is 0 Å². The fraction of sp³-hybridized carbons (Fsp3) is 0.800. The number of hydrogen-bond donors (Lipinski definition) is 1. The first-order chi connectivity index (χ1) is 3.60. The minimum Gasteiger partial charge on any atom is -0.463 e. The summed E-state index contributed by atoms with van der Waals surface area (Å²) in [4.78, 5) is 10.3. The number of ether oxygens (including phenoxy) is 1. The molecule has 3 heteroatoms. The Labute approximate surface area is 47.3 Å². The van der Waals surface area contributed by atoms with E-state index in [2.05, 4.69) is 4.74 Å². The second-order valence-corrected chi connectivity index (χ2v) is 2.33. The molecule has 1 rings (SSSR count). The molecule has 0 saturated carbocycles. The minimum atomic E-state index is -0.906. The van der Waals surface area contributed by atoms with Crippen molar-refractivity contribution in [3.63, 3.8) is 0 Å². The molecule has 1 saturated heterocycles. The third-order valence-corrected chi connectivity index (χ3v) is 1.07. The SMILES string of the molecule is C[C@]1(O)COC(=O)C1. The zero-order chi connectivity index (χ0) is 6.20. The third-order valence-electron chi connectivity index (χ3n) is 1.07. The lowest BCUT2D eigenvalue weighted by Gasteiger charge is -2.08. The summed E-state index contributed by atoms with van der Waals surface area (Å²) in [5.41, 5.74) is -0.906.